The summed E-state index contributed by atoms with van der Waals surface area (Å²) in [6.45, 7) is 1.92. The van der Waals surface area contributed by atoms with Gasteiger partial charge >= 0.3 is 0 Å². The Hall–Kier alpha value is -2.46. The van der Waals surface area contributed by atoms with Gasteiger partial charge in [-0.2, -0.15) is 0 Å². The summed E-state index contributed by atoms with van der Waals surface area (Å²) in [5, 5.41) is 1.08. The molecule has 0 saturated carbocycles. The number of aromatic nitrogens is 2. The van der Waals surface area contributed by atoms with Crippen LogP contribution in [0.5, 0.6) is 11.6 Å². The number of fused-ring (bicyclic) bond motifs is 1. The molecule has 4 heteroatoms. The van der Waals surface area contributed by atoms with Gasteiger partial charge in [-0.3, -0.25) is 4.98 Å². The second-order valence-electron chi connectivity index (χ2n) is 4.68. The molecule has 0 spiro atoms. The second-order valence-corrected chi connectivity index (χ2v) is 4.68. The summed E-state index contributed by atoms with van der Waals surface area (Å²) in [5.74, 6) is 1.27. The van der Waals surface area contributed by atoms with Crippen LogP contribution in [0.2, 0.25) is 0 Å². The molecule has 0 unspecified atom stereocenters. The van der Waals surface area contributed by atoms with Crippen molar-refractivity contribution in [1.82, 2.24) is 9.97 Å². The van der Waals surface area contributed by atoms with Gasteiger partial charge in [-0.1, -0.05) is 12.1 Å². The molecule has 0 aliphatic heterocycles. The molecule has 0 saturated heterocycles. The Morgan fingerprint density at radius 2 is 2.00 bits per heavy atom. The minimum atomic E-state index is -0.0265. The largest absolute Gasteiger partial charge is 0.439 e. The summed E-state index contributed by atoms with van der Waals surface area (Å²) in [5.41, 5.74) is 7.67. The smallest absolute Gasteiger partial charge is 0.219 e. The number of ether oxygens (including phenoxy) is 1. The molecular weight excluding hydrogens is 250 g/mol. The van der Waals surface area contributed by atoms with E-state index in [-0.39, 0.29) is 6.04 Å². The molecule has 100 valence electrons. The highest BCUT2D eigenvalue weighted by Crippen LogP contribution is 2.23. The van der Waals surface area contributed by atoms with Gasteiger partial charge in [0, 0.05) is 36.0 Å². The molecule has 0 aliphatic rings. The molecule has 3 rings (SSSR count). The first kappa shape index (κ1) is 12.6. The van der Waals surface area contributed by atoms with Crippen LogP contribution in [-0.2, 0) is 0 Å². The number of nitrogens with two attached hydrogens (primary N) is 1. The van der Waals surface area contributed by atoms with Crippen molar-refractivity contribution in [1.29, 1.82) is 0 Å². The van der Waals surface area contributed by atoms with Crippen LogP contribution in [0.4, 0.5) is 0 Å². The Labute approximate surface area is 117 Å². The number of nitrogens with zero attached hydrogens (tertiary/aromatic N) is 2. The second kappa shape index (κ2) is 5.27. The molecule has 0 fully saturated rings. The molecule has 3 aromatic rings. The van der Waals surface area contributed by atoms with E-state index in [1.165, 1.54) is 0 Å². The third kappa shape index (κ3) is 2.60. The highest BCUT2D eigenvalue weighted by atomic mass is 16.5. The standard InChI is InChI=1S/C16H15N3O/c1-11(17)13-5-7-16(19-10-13)20-14-6-4-12-3-2-8-18-15(12)9-14/h2-11H,17H2,1H3/t11-/m1/s1. The van der Waals surface area contributed by atoms with Crippen molar-refractivity contribution in [3.8, 4) is 11.6 Å². The molecule has 0 bridgehead atoms. The summed E-state index contributed by atoms with van der Waals surface area (Å²) in [7, 11) is 0. The van der Waals surface area contributed by atoms with Crippen molar-refractivity contribution >= 4 is 10.9 Å². The van der Waals surface area contributed by atoms with E-state index in [0.717, 1.165) is 22.2 Å². The number of benzene rings is 1. The summed E-state index contributed by atoms with van der Waals surface area (Å²) in [4.78, 5) is 8.56. The SMILES string of the molecule is C[C@@H](N)c1ccc(Oc2ccc3cccnc3c2)nc1. The molecule has 1 atom stereocenters. The number of hydrogen-bond acceptors (Lipinski definition) is 4. The fourth-order valence-electron chi connectivity index (χ4n) is 1.95. The Morgan fingerprint density at radius 1 is 1.10 bits per heavy atom. The molecule has 0 aliphatic carbocycles. The molecular formula is C16H15N3O. The lowest BCUT2D eigenvalue weighted by Gasteiger charge is -2.08. The molecule has 2 N–H and O–H groups in total. The van der Waals surface area contributed by atoms with Gasteiger partial charge in [0.25, 0.3) is 0 Å². The lowest BCUT2D eigenvalue weighted by Crippen LogP contribution is -2.05. The summed E-state index contributed by atoms with van der Waals surface area (Å²) >= 11 is 0. The number of hydrogen-bond donors (Lipinski definition) is 1. The fourth-order valence-corrected chi connectivity index (χ4v) is 1.95. The Balaban J connectivity index is 1.85. The van der Waals surface area contributed by atoms with Crippen LogP contribution >= 0.6 is 0 Å². The van der Waals surface area contributed by atoms with E-state index < -0.39 is 0 Å². The monoisotopic (exact) mass is 265 g/mol. The highest BCUT2D eigenvalue weighted by Gasteiger charge is 2.03. The van der Waals surface area contributed by atoms with E-state index in [1.54, 1.807) is 12.4 Å². The average molecular weight is 265 g/mol. The lowest BCUT2D eigenvalue weighted by molar-refractivity contribution is 0.463. The minimum Gasteiger partial charge on any atom is -0.439 e. The zero-order valence-corrected chi connectivity index (χ0v) is 11.2. The number of pyridine rings is 2. The zero-order chi connectivity index (χ0) is 13.9. The van der Waals surface area contributed by atoms with Gasteiger partial charge in [-0.25, -0.2) is 4.98 Å². The van der Waals surface area contributed by atoms with E-state index in [4.69, 9.17) is 10.5 Å². The van der Waals surface area contributed by atoms with Crippen LogP contribution < -0.4 is 10.5 Å². The van der Waals surface area contributed by atoms with Crippen LogP contribution in [0.15, 0.2) is 54.9 Å². The van der Waals surface area contributed by atoms with Crippen molar-refractivity contribution in [3.63, 3.8) is 0 Å². The fraction of sp³-hybridized carbons (Fsp3) is 0.125. The van der Waals surface area contributed by atoms with Crippen LogP contribution in [0, 0.1) is 0 Å². The van der Waals surface area contributed by atoms with Gasteiger partial charge in [0.15, 0.2) is 0 Å². The molecule has 4 nitrogen and oxygen atoms in total. The minimum absolute atomic E-state index is 0.0265. The van der Waals surface area contributed by atoms with Gasteiger partial charge in [0.05, 0.1) is 5.52 Å². The van der Waals surface area contributed by atoms with E-state index in [0.29, 0.717) is 5.88 Å². The lowest BCUT2D eigenvalue weighted by atomic mass is 10.2. The Morgan fingerprint density at radius 3 is 2.75 bits per heavy atom. The van der Waals surface area contributed by atoms with Gasteiger partial charge in [0.1, 0.15) is 5.75 Å². The third-order valence-electron chi connectivity index (χ3n) is 3.08. The molecule has 0 amide bonds. The number of rotatable bonds is 3. The van der Waals surface area contributed by atoms with Crippen LogP contribution in [-0.4, -0.2) is 9.97 Å². The molecule has 20 heavy (non-hydrogen) atoms. The summed E-state index contributed by atoms with van der Waals surface area (Å²) in [6.07, 6.45) is 3.50. The first-order valence-electron chi connectivity index (χ1n) is 6.46. The van der Waals surface area contributed by atoms with Crippen molar-refractivity contribution in [2.24, 2.45) is 5.73 Å². The first-order valence-corrected chi connectivity index (χ1v) is 6.46. The van der Waals surface area contributed by atoms with Gasteiger partial charge < -0.3 is 10.5 Å². The van der Waals surface area contributed by atoms with Gasteiger partial charge in [-0.05, 0) is 30.7 Å². The molecule has 0 radical (unpaired) electrons. The van der Waals surface area contributed by atoms with E-state index in [9.17, 15) is 0 Å². The predicted molar refractivity (Wildman–Crippen MR) is 78.7 cm³/mol. The normalized spacial score (nSPS) is 12.3. The van der Waals surface area contributed by atoms with Gasteiger partial charge in [-0.15, -0.1) is 0 Å². The van der Waals surface area contributed by atoms with Crippen molar-refractivity contribution in [2.75, 3.05) is 0 Å². The maximum absolute atomic E-state index is 5.79. The first-order chi connectivity index (χ1) is 9.72. The van der Waals surface area contributed by atoms with Crippen molar-refractivity contribution < 1.29 is 4.74 Å². The molecule has 1 aromatic carbocycles. The third-order valence-corrected chi connectivity index (χ3v) is 3.08. The molecule has 2 aromatic heterocycles. The van der Waals surface area contributed by atoms with Crippen LogP contribution in [0.1, 0.15) is 18.5 Å². The Bertz CT molecular complexity index is 723. The average Bonchev–Trinajstić information content (AvgIpc) is 2.48. The van der Waals surface area contributed by atoms with Crippen molar-refractivity contribution in [2.45, 2.75) is 13.0 Å². The van der Waals surface area contributed by atoms with Crippen LogP contribution in [0.3, 0.4) is 0 Å². The quantitative estimate of drug-likeness (QED) is 0.788. The summed E-state index contributed by atoms with van der Waals surface area (Å²) in [6, 6.07) is 13.4. The van der Waals surface area contributed by atoms with Crippen molar-refractivity contribution in [3.05, 3.63) is 60.4 Å². The van der Waals surface area contributed by atoms with E-state index >= 15 is 0 Å². The van der Waals surface area contributed by atoms with Crippen LogP contribution in [0.25, 0.3) is 10.9 Å². The van der Waals surface area contributed by atoms with E-state index in [1.807, 2.05) is 49.4 Å². The summed E-state index contributed by atoms with van der Waals surface area (Å²) < 4.78 is 5.73. The predicted octanol–water partition coefficient (Wildman–Crippen LogP) is 3.44. The maximum Gasteiger partial charge on any atom is 0.219 e. The zero-order valence-electron chi connectivity index (χ0n) is 11.2. The topological polar surface area (TPSA) is 61.0 Å². The highest BCUT2D eigenvalue weighted by molar-refractivity contribution is 5.79. The van der Waals surface area contributed by atoms with Gasteiger partial charge in [0.2, 0.25) is 5.88 Å². The maximum atomic E-state index is 5.79. The van der Waals surface area contributed by atoms with E-state index in [2.05, 4.69) is 9.97 Å². The Kier molecular flexibility index (Phi) is 3.31. The molecule has 2 heterocycles.